The minimum atomic E-state index is -0.319. The number of hydrazone groups is 1. The molecule has 0 aliphatic heterocycles. The van der Waals surface area contributed by atoms with E-state index >= 15 is 0 Å². The van der Waals surface area contributed by atoms with Crippen molar-refractivity contribution in [3.63, 3.8) is 0 Å². The van der Waals surface area contributed by atoms with Gasteiger partial charge < -0.3 is 9.84 Å². The van der Waals surface area contributed by atoms with Crippen LogP contribution in [-0.2, 0) is 11.3 Å². The number of aromatic nitrogens is 3. The molecule has 3 rings (SSSR count). The Morgan fingerprint density at radius 3 is 2.92 bits per heavy atom. The van der Waals surface area contributed by atoms with Crippen molar-refractivity contribution >= 4 is 22.7 Å². The van der Waals surface area contributed by atoms with Crippen molar-refractivity contribution in [2.75, 3.05) is 7.11 Å². The van der Waals surface area contributed by atoms with Crippen LogP contribution in [0.5, 0.6) is 11.5 Å². The number of hydrogen-bond donors (Lipinski definition) is 2. The standard InChI is InChI=1S/C17H17N5O3/c1-11(12-7-8-15(23)16(9-12)25-2)18-20-17(24)10-22-14-6-4-3-5-13(14)19-21-22/h3-9,23H,10H2,1-2H3,(H,20,24)/b18-11+. The number of fused-ring (bicyclic) bond motifs is 1. The van der Waals surface area contributed by atoms with Crippen molar-refractivity contribution < 1.29 is 14.6 Å². The average Bonchev–Trinajstić information content (AvgIpc) is 3.03. The molecular weight excluding hydrogens is 322 g/mol. The van der Waals surface area contributed by atoms with Crippen LogP contribution in [0.3, 0.4) is 0 Å². The lowest BCUT2D eigenvalue weighted by Gasteiger charge is -2.07. The monoisotopic (exact) mass is 339 g/mol. The molecule has 2 N–H and O–H groups in total. The van der Waals surface area contributed by atoms with Crippen LogP contribution in [0.1, 0.15) is 12.5 Å². The highest BCUT2D eigenvalue weighted by molar-refractivity contribution is 5.99. The van der Waals surface area contributed by atoms with Crippen LogP contribution in [0.15, 0.2) is 47.6 Å². The number of nitrogens with zero attached hydrogens (tertiary/aromatic N) is 4. The number of benzene rings is 2. The van der Waals surface area contributed by atoms with E-state index in [9.17, 15) is 9.90 Å². The summed E-state index contributed by atoms with van der Waals surface area (Å²) in [6.45, 7) is 1.76. The summed E-state index contributed by atoms with van der Waals surface area (Å²) in [4.78, 5) is 12.1. The van der Waals surface area contributed by atoms with Gasteiger partial charge in [0, 0.05) is 5.56 Å². The van der Waals surface area contributed by atoms with Gasteiger partial charge in [-0.05, 0) is 37.3 Å². The number of phenolic OH excluding ortho intramolecular Hbond substituents is 1. The van der Waals surface area contributed by atoms with Gasteiger partial charge >= 0.3 is 0 Å². The Morgan fingerprint density at radius 2 is 2.12 bits per heavy atom. The molecule has 0 spiro atoms. The molecule has 0 saturated carbocycles. The lowest BCUT2D eigenvalue weighted by Crippen LogP contribution is -2.24. The zero-order valence-corrected chi connectivity index (χ0v) is 13.8. The van der Waals surface area contributed by atoms with Crippen LogP contribution in [0.2, 0.25) is 0 Å². The molecule has 3 aromatic rings. The first-order valence-electron chi connectivity index (χ1n) is 7.57. The maximum absolute atomic E-state index is 12.1. The molecule has 0 aliphatic carbocycles. The zero-order valence-electron chi connectivity index (χ0n) is 13.8. The van der Waals surface area contributed by atoms with E-state index in [4.69, 9.17) is 4.74 Å². The van der Waals surface area contributed by atoms with Crippen molar-refractivity contribution in [2.24, 2.45) is 5.10 Å². The first-order chi connectivity index (χ1) is 12.1. The highest BCUT2D eigenvalue weighted by Crippen LogP contribution is 2.26. The minimum absolute atomic E-state index is 0.0101. The number of hydrogen-bond acceptors (Lipinski definition) is 6. The van der Waals surface area contributed by atoms with Crippen molar-refractivity contribution in [1.29, 1.82) is 0 Å². The predicted octanol–water partition coefficient (Wildman–Crippen LogP) is 1.69. The van der Waals surface area contributed by atoms with Crippen LogP contribution >= 0.6 is 0 Å². The minimum Gasteiger partial charge on any atom is -0.504 e. The highest BCUT2D eigenvalue weighted by atomic mass is 16.5. The number of nitrogens with one attached hydrogen (secondary N) is 1. The Balaban J connectivity index is 1.69. The second kappa shape index (κ2) is 7.00. The molecule has 0 atom stereocenters. The normalized spacial score (nSPS) is 11.5. The molecule has 1 heterocycles. The van der Waals surface area contributed by atoms with Gasteiger partial charge in [0.1, 0.15) is 12.1 Å². The Bertz CT molecular complexity index is 948. The number of amides is 1. The summed E-state index contributed by atoms with van der Waals surface area (Å²) in [7, 11) is 1.47. The number of carbonyl (C=O) groups is 1. The van der Waals surface area contributed by atoms with Gasteiger partial charge in [0.2, 0.25) is 0 Å². The second-order valence-corrected chi connectivity index (χ2v) is 5.35. The molecule has 128 valence electrons. The smallest absolute Gasteiger partial charge is 0.261 e. The summed E-state index contributed by atoms with van der Waals surface area (Å²) < 4.78 is 6.57. The number of methoxy groups -OCH3 is 1. The van der Waals surface area contributed by atoms with Crippen LogP contribution in [0, 0.1) is 0 Å². The van der Waals surface area contributed by atoms with Crippen LogP contribution < -0.4 is 10.2 Å². The second-order valence-electron chi connectivity index (χ2n) is 5.35. The summed E-state index contributed by atoms with van der Waals surface area (Å²) >= 11 is 0. The fraction of sp³-hybridized carbons (Fsp3) is 0.176. The summed E-state index contributed by atoms with van der Waals surface area (Å²) in [6.07, 6.45) is 0. The third-order valence-electron chi connectivity index (χ3n) is 3.66. The maximum Gasteiger partial charge on any atom is 0.261 e. The van der Waals surface area contributed by atoms with E-state index < -0.39 is 0 Å². The molecule has 8 nitrogen and oxygen atoms in total. The molecule has 25 heavy (non-hydrogen) atoms. The van der Waals surface area contributed by atoms with Crippen molar-refractivity contribution in [2.45, 2.75) is 13.5 Å². The van der Waals surface area contributed by atoms with E-state index in [2.05, 4.69) is 20.8 Å². The van der Waals surface area contributed by atoms with Crippen molar-refractivity contribution in [3.8, 4) is 11.5 Å². The van der Waals surface area contributed by atoms with Crippen LogP contribution in [-0.4, -0.2) is 38.8 Å². The number of para-hydroxylation sites is 1. The molecule has 0 fully saturated rings. The third-order valence-corrected chi connectivity index (χ3v) is 3.66. The fourth-order valence-corrected chi connectivity index (χ4v) is 2.32. The third kappa shape index (κ3) is 3.57. The lowest BCUT2D eigenvalue weighted by molar-refractivity contribution is -0.121. The van der Waals surface area contributed by atoms with Gasteiger partial charge in [-0.2, -0.15) is 5.10 Å². The Morgan fingerprint density at radius 1 is 1.32 bits per heavy atom. The number of phenols is 1. The van der Waals surface area contributed by atoms with E-state index in [1.54, 1.807) is 19.1 Å². The number of ether oxygens (including phenoxy) is 1. The van der Waals surface area contributed by atoms with Gasteiger partial charge in [0.15, 0.2) is 11.5 Å². The zero-order chi connectivity index (χ0) is 17.8. The number of carbonyl (C=O) groups excluding carboxylic acids is 1. The van der Waals surface area contributed by atoms with Gasteiger partial charge in [-0.15, -0.1) is 5.10 Å². The van der Waals surface area contributed by atoms with Gasteiger partial charge in [-0.1, -0.05) is 17.3 Å². The molecule has 1 amide bonds. The van der Waals surface area contributed by atoms with E-state index in [0.29, 0.717) is 11.5 Å². The Labute approximate surface area is 143 Å². The summed E-state index contributed by atoms with van der Waals surface area (Å²) in [5.41, 5.74) is 5.30. The molecule has 1 aromatic heterocycles. The molecule has 8 heteroatoms. The van der Waals surface area contributed by atoms with Crippen LogP contribution in [0.25, 0.3) is 11.0 Å². The van der Waals surface area contributed by atoms with E-state index in [1.807, 2.05) is 24.3 Å². The van der Waals surface area contributed by atoms with E-state index in [-0.39, 0.29) is 18.2 Å². The lowest BCUT2D eigenvalue weighted by atomic mass is 10.1. The van der Waals surface area contributed by atoms with Crippen molar-refractivity contribution in [3.05, 3.63) is 48.0 Å². The maximum atomic E-state index is 12.1. The molecule has 0 bridgehead atoms. The topological polar surface area (TPSA) is 102 Å². The van der Waals surface area contributed by atoms with Gasteiger partial charge in [-0.25, -0.2) is 10.1 Å². The molecule has 0 aliphatic rings. The number of aromatic hydroxyl groups is 1. The Hall–Kier alpha value is -3.42. The quantitative estimate of drug-likeness (QED) is 0.544. The average molecular weight is 339 g/mol. The summed E-state index contributed by atoms with van der Waals surface area (Å²) in [5, 5.41) is 21.7. The van der Waals surface area contributed by atoms with Gasteiger partial charge in [0.05, 0.1) is 18.3 Å². The molecular formula is C17H17N5O3. The molecule has 2 aromatic carbocycles. The van der Waals surface area contributed by atoms with Crippen LogP contribution in [0.4, 0.5) is 0 Å². The fourth-order valence-electron chi connectivity index (χ4n) is 2.32. The number of rotatable bonds is 5. The van der Waals surface area contributed by atoms with Gasteiger partial charge in [0.25, 0.3) is 5.91 Å². The summed E-state index contributed by atoms with van der Waals surface area (Å²) in [5.74, 6) is 0.0642. The molecule has 0 radical (unpaired) electrons. The highest BCUT2D eigenvalue weighted by Gasteiger charge is 2.09. The SMILES string of the molecule is COc1cc(/C(C)=N/NC(=O)Cn2nnc3ccccc32)ccc1O. The first-order valence-corrected chi connectivity index (χ1v) is 7.57. The first kappa shape index (κ1) is 16.4. The van der Waals surface area contributed by atoms with Gasteiger partial charge in [-0.3, -0.25) is 4.79 Å². The Kier molecular flexibility index (Phi) is 4.60. The summed E-state index contributed by atoms with van der Waals surface area (Å²) in [6, 6.07) is 12.2. The molecule has 0 unspecified atom stereocenters. The van der Waals surface area contributed by atoms with E-state index in [1.165, 1.54) is 17.9 Å². The van der Waals surface area contributed by atoms with Crippen molar-refractivity contribution in [1.82, 2.24) is 20.4 Å². The largest absolute Gasteiger partial charge is 0.504 e. The molecule has 0 saturated heterocycles. The predicted molar refractivity (Wildman–Crippen MR) is 92.5 cm³/mol. The van der Waals surface area contributed by atoms with E-state index in [0.717, 1.165) is 16.6 Å².